The number of nitrogen functional groups attached to an aromatic ring is 2. The van der Waals surface area contributed by atoms with Crippen LogP contribution in [0.15, 0.2) is 24.5 Å². The van der Waals surface area contributed by atoms with Crippen molar-refractivity contribution in [3.05, 3.63) is 35.7 Å². The summed E-state index contributed by atoms with van der Waals surface area (Å²) in [4.78, 5) is 19.7. The van der Waals surface area contributed by atoms with Crippen molar-refractivity contribution in [1.29, 1.82) is 0 Å². The summed E-state index contributed by atoms with van der Waals surface area (Å²) in [5.74, 6) is 0. The van der Waals surface area contributed by atoms with Gasteiger partial charge >= 0.3 is 0 Å². The highest BCUT2D eigenvalue weighted by Crippen LogP contribution is 2.37. The Hall–Kier alpha value is -2.58. The molecular formula is C16H14N6S2. The molecule has 0 radical (unpaired) electrons. The van der Waals surface area contributed by atoms with Crippen LogP contribution in [0, 0.1) is 13.8 Å². The van der Waals surface area contributed by atoms with Crippen LogP contribution in [-0.2, 0) is 0 Å². The van der Waals surface area contributed by atoms with Gasteiger partial charge in [0.2, 0.25) is 0 Å². The minimum Gasteiger partial charge on any atom is -0.375 e. The predicted molar refractivity (Wildman–Crippen MR) is 100 cm³/mol. The number of anilines is 2. The van der Waals surface area contributed by atoms with Crippen LogP contribution in [0.3, 0.4) is 0 Å². The Balaban J connectivity index is 2.04. The van der Waals surface area contributed by atoms with E-state index in [4.69, 9.17) is 21.4 Å². The van der Waals surface area contributed by atoms with Gasteiger partial charge in [-0.1, -0.05) is 22.7 Å². The van der Waals surface area contributed by atoms with E-state index >= 15 is 0 Å². The Morgan fingerprint density at radius 1 is 0.750 bits per heavy atom. The fourth-order valence-corrected chi connectivity index (χ4v) is 3.80. The Bertz CT molecular complexity index is 981. The van der Waals surface area contributed by atoms with E-state index < -0.39 is 0 Å². The van der Waals surface area contributed by atoms with E-state index in [1.54, 1.807) is 12.4 Å². The zero-order valence-electron chi connectivity index (χ0n) is 13.1. The number of hydrogen-bond donors (Lipinski definition) is 2. The van der Waals surface area contributed by atoms with Gasteiger partial charge in [-0.15, -0.1) is 0 Å². The summed E-state index contributed by atoms with van der Waals surface area (Å²) in [5, 5.41) is 1.00. The van der Waals surface area contributed by atoms with E-state index in [2.05, 4.69) is 35.9 Å². The Morgan fingerprint density at radius 3 is 1.50 bits per heavy atom. The molecule has 8 heteroatoms. The zero-order chi connectivity index (χ0) is 16.8. The normalized spacial score (nSPS) is 11.2. The molecule has 3 heterocycles. The lowest BCUT2D eigenvalue weighted by atomic mass is 10.1. The number of aromatic nitrogens is 4. The molecule has 0 saturated heterocycles. The number of aryl methyl sites for hydroxylation is 2. The molecular weight excluding hydrogens is 340 g/mol. The topological polar surface area (TPSA) is 104 Å². The lowest BCUT2D eigenvalue weighted by Crippen LogP contribution is -1.95. The van der Waals surface area contributed by atoms with Gasteiger partial charge in [0.1, 0.15) is 11.4 Å². The van der Waals surface area contributed by atoms with Crippen LogP contribution in [0.2, 0.25) is 0 Å². The minimum absolute atomic E-state index is 0.502. The predicted octanol–water partition coefficient (Wildman–Crippen LogP) is 3.66. The van der Waals surface area contributed by atoms with Crippen molar-refractivity contribution in [1.82, 2.24) is 19.9 Å². The molecule has 1 aromatic carbocycles. The highest BCUT2D eigenvalue weighted by atomic mass is 32.1. The average molecular weight is 354 g/mol. The van der Waals surface area contributed by atoms with Crippen molar-refractivity contribution >= 4 is 44.0 Å². The van der Waals surface area contributed by atoms with Gasteiger partial charge in [0.15, 0.2) is 10.3 Å². The van der Waals surface area contributed by atoms with Gasteiger partial charge in [-0.3, -0.25) is 0 Å². The highest BCUT2D eigenvalue weighted by Gasteiger charge is 2.17. The van der Waals surface area contributed by atoms with Crippen LogP contribution in [0.4, 0.5) is 10.3 Å². The van der Waals surface area contributed by atoms with Gasteiger partial charge in [-0.25, -0.2) is 19.9 Å². The fraction of sp³-hybridized carbons (Fsp3) is 0.125. The average Bonchev–Trinajstić information content (AvgIpc) is 3.16. The van der Waals surface area contributed by atoms with Gasteiger partial charge in [0.25, 0.3) is 0 Å². The molecule has 0 spiro atoms. The second kappa shape index (κ2) is 5.50. The monoisotopic (exact) mass is 354 g/mol. The number of benzene rings is 1. The quantitative estimate of drug-likeness (QED) is 0.569. The van der Waals surface area contributed by atoms with Crippen molar-refractivity contribution in [2.75, 3.05) is 11.5 Å². The summed E-state index contributed by atoms with van der Waals surface area (Å²) < 4.78 is 0. The maximum absolute atomic E-state index is 5.79. The van der Waals surface area contributed by atoms with E-state index in [-0.39, 0.29) is 0 Å². The molecule has 0 saturated carbocycles. The Morgan fingerprint density at radius 2 is 1.17 bits per heavy atom. The van der Waals surface area contributed by atoms with Crippen LogP contribution in [-0.4, -0.2) is 19.9 Å². The minimum atomic E-state index is 0.502. The number of fused-ring (bicyclic) bond motifs is 1. The fourth-order valence-electron chi connectivity index (χ4n) is 2.45. The molecule has 4 aromatic rings. The third-order valence-corrected chi connectivity index (χ3v) is 5.46. The summed E-state index contributed by atoms with van der Waals surface area (Å²) in [6.07, 6.45) is 3.45. The van der Waals surface area contributed by atoms with E-state index in [0.717, 1.165) is 32.2 Å². The highest BCUT2D eigenvalue weighted by molar-refractivity contribution is 7.19. The molecule has 0 unspecified atom stereocenters. The molecule has 0 atom stereocenters. The molecule has 6 nitrogen and oxygen atoms in total. The molecule has 3 aromatic heterocycles. The number of thiazole rings is 2. The summed E-state index contributed by atoms with van der Waals surface area (Å²) in [6.45, 7) is 4.14. The Labute approximate surface area is 146 Å². The standard InChI is InChI=1S/C16H14N6S2/c1-7-3-9-10(4-8(7)2)22-14(12-6-20-16(18)24-12)13(21-9)11-5-19-15(17)23-11/h3-6H,1-2H3,(H2,17,19)(H2,18,20). The number of nitrogens with zero attached hydrogens (tertiary/aromatic N) is 4. The van der Waals surface area contributed by atoms with Crippen molar-refractivity contribution in [2.45, 2.75) is 13.8 Å². The summed E-state index contributed by atoms with van der Waals surface area (Å²) >= 11 is 2.78. The van der Waals surface area contributed by atoms with Crippen LogP contribution in [0.5, 0.6) is 0 Å². The molecule has 0 aliphatic rings. The molecule has 0 aliphatic heterocycles. The molecule has 24 heavy (non-hydrogen) atoms. The Kier molecular flexibility index (Phi) is 3.43. The van der Waals surface area contributed by atoms with Crippen molar-refractivity contribution in [2.24, 2.45) is 0 Å². The first-order chi connectivity index (χ1) is 11.5. The van der Waals surface area contributed by atoms with Gasteiger partial charge in [0, 0.05) is 12.4 Å². The van der Waals surface area contributed by atoms with Crippen molar-refractivity contribution in [3.63, 3.8) is 0 Å². The smallest absolute Gasteiger partial charge is 0.180 e. The van der Waals surface area contributed by atoms with Crippen LogP contribution < -0.4 is 11.5 Å². The molecule has 0 amide bonds. The molecule has 4 N–H and O–H groups in total. The molecule has 0 fully saturated rings. The molecule has 4 rings (SSSR count). The maximum Gasteiger partial charge on any atom is 0.180 e. The van der Waals surface area contributed by atoms with E-state index in [1.807, 2.05) is 0 Å². The zero-order valence-corrected chi connectivity index (χ0v) is 14.7. The van der Waals surface area contributed by atoms with Crippen molar-refractivity contribution < 1.29 is 0 Å². The molecule has 0 bridgehead atoms. The van der Waals surface area contributed by atoms with Crippen LogP contribution in [0.25, 0.3) is 32.2 Å². The number of hydrogen-bond acceptors (Lipinski definition) is 8. The van der Waals surface area contributed by atoms with E-state index in [9.17, 15) is 0 Å². The van der Waals surface area contributed by atoms with Gasteiger partial charge in [-0.2, -0.15) is 0 Å². The lowest BCUT2D eigenvalue weighted by molar-refractivity contribution is 1.27. The van der Waals surface area contributed by atoms with Gasteiger partial charge in [-0.05, 0) is 37.1 Å². The molecule has 120 valence electrons. The van der Waals surface area contributed by atoms with Crippen LogP contribution in [0.1, 0.15) is 11.1 Å². The first-order valence-corrected chi connectivity index (χ1v) is 8.87. The SMILES string of the molecule is Cc1cc2nc(-c3cnc(N)s3)c(-c3cnc(N)s3)nc2cc1C. The maximum atomic E-state index is 5.79. The lowest BCUT2D eigenvalue weighted by Gasteiger charge is -2.08. The summed E-state index contributed by atoms with van der Waals surface area (Å²) in [6, 6.07) is 4.10. The number of rotatable bonds is 2. The van der Waals surface area contributed by atoms with E-state index in [1.165, 1.54) is 33.8 Å². The largest absolute Gasteiger partial charge is 0.375 e. The third-order valence-electron chi connectivity index (χ3n) is 3.79. The van der Waals surface area contributed by atoms with Gasteiger partial charge in [0.05, 0.1) is 20.8 Å². The third kappa shape index (κ3) is 2.49. The first-order valence-electron chi connectivity index (χ1n) is 7.23. The van der Waals surface area contributed by atoms with E-state index in [0.29, 0.717) is 10.3 Å². The van der Waals surface area contributed by atoms with Crippen molar-refractivity contribution in [3.8, 4) is 21.1 Å². The second-order valence-electron chi connectivity index (χ2n) is 5.47. The number of nitrogens with two attached hydrogens (primary N) is 2. The summed E-state index contributed by atoms with van der Waals surface area (Å²) in [7, 11) is 0. The summed E-state index contributed by atoms with van der Waals surface area (Å²) in [5.41, 5.74) is 17.2. The molecule has 0 aliphatic carbocycles. The second-order valence-corrected chi connectivity index (χ2v) is 7.60. The first kappa shape index (κ1) is 15.0. The van der Waals surface area contributed by atoms with Gasteiger partial charge < -0.3 is 11.5 Å². The van der Waals surface area contributed by atoms with Crippen LogP contribution >= 0.6 is 22.7 Å².